The summed E-state index contributed by atoms with van der Waals surface area (Å²) in [5.74, 6) is -6.59. The first-order valence-corrected chi connectivity index (χ1v) is 10.1. The Morgan fingerprint density at radius 2 is 1.90 bits per heavy atom. The van der Waals surface area contributed by atoms with Crippen LogP contribution in [0, 0.1) is 11.8 Å². The van der Waals surface area contributed by atoms with Crippen molar-refractivity contribution in [3.63, 3.8) is 0 Å². The number of hydrazine groups is 1. The van der Waals surface area contributed by atoms with Gasteiger partial charge in [0, 0.05) is 25.6 Å². The van der Waals surface area contributed by atoms with Gasteiger partial charge in [-0.1, -0.05) is 12.1 Å². The van der Waals surface area contributed by atoms with Gasteiger partial charge in [0.25, 0.3) is 5.91 Å². The van der Waals surface area contributed by atoms with Crippen LogP contribution in [0.2, 0.25) is 0 Å². The normalized spacial score (nSPS) is 30.2. The lowest BCUT2D eigenvalue weighted by Crippen LogP contribution is -2.62. The molecule has 0 aromatic heterocycles. The van der Waals surface area contributed by atoms with E-state index in [9.17, 15) is 34.8 Å². The van der Waals surface area contributed by atoms with Gasteiger partial charge in [0.2, 0.25) is 5.78 Å². The molecule has 4 unspecified atom stereocenters. The molecule has 0 radical (unpaired) electrons. The van der Waals surface area contributed by atoms with Crippen LogP contribution < -0.4 is 5.43 Å². The van der Waals surface area contributed by atoms with E-state index >= 15 is 0 Å². The van der Waals surface area contributed by atoms with Crippen molar-refractivity contribution in [2.45, 2.75) is 23.8 Å². The molecule has 164 valence electrons. The van der Waals surface area contributed by atoms with E-state index in [1.54, 1.807) is 12.1 Å². The van der Waals surface area contributed by atoms with Crippen molar-refractivity contribution in [1.82, 2.24) is 10.4 Å². The van der Waals surface area contributed by atoms with Crippen LogP contribution in [0.15, 0.2) is 35.1 Å². The van der Waals surface area contributed by atoms with Gasteiger partial charge in [-0.05, 0) is 30.4 Å². The number of alkyl halides is 1. The lowest BCUT2D eigenvalue weighted by atomic mass is 9.59. The Balaban J connectivity index is 1.90. The van der Waals surface area contributed by atoms with Gasteiger partial charge in [0.1, 0.15) is 28.2 Å². The van der Waals surface area contributed by atoms with Crippen LogP contribution in [0.4, 0.5) is 0 Å². The molecule has 5 N–H and O–H groups in total. The van der Waals surface area contributed by atoms with Gasteiger partial charge in [-0.25, -0.2) is 5.01 Å². The summed E-state index contributed by atoms with van der Waals surface area (Å²) in [6.45, 7) is 0. The number of hydrogen-bond donors (Lipinski definition) is 5. The maximum Gasteiger partial charge on any atom is 0.272 e. The van der Waals surface area contributed by atoms with Crippen LogP contribution in [0.1, 0.15) is 17.5 Å². The number of phenols is 1. The molecule has 0 heterocycles. The Labute approximate surface area is 182 Å². The Morgan fingerprint density at radius 3 is 2.55 bits per heavy atom. The highest BCUT2D eigenvalue weighted by atomic mass is 35.5. The molecule has 3 aliphatic carbocycles. The molecule has 4 rings (SSSR count). The zero-order chi connectivity index (χ0) is 22.8. The molecule has 0 spiro atoms. The molecule has 9 nitrogen and oxygen atoms in total. The Hall–Kier alpha value is -2.88. The second kappa shape index (κ2) is 7.08. The minimum atomic E-state index is -2.67. The van der Waals surface area contributed by atoms with Gasteiger partial charge >= 0.3 is 0 Å². The number of benzene rings is 1. The number of nitrogens with one attached hydrogen (secondary N) is 1. The largest absolute Gasteiger partial charge is 0.508 e. The number of fused-ring (bicyclic) bond motifs is 3. The number of hydrogen-bond acceptors (Lipinski definition) is 8. The number of aromatic hydroxyl groups is 1. The molecule has 0 saturated heterocycles. The number of Topliss-reactive ketones (excluding diaryl/α,β-unsaturated/α-hetero) is 2. The summed E-state index contributed by atoms with van der Waals surface area (Å²) in [7, 11) is 2.95. The van der Waals surface area contributed by atoms with Gasteiger partial charge in [-0.3, -0.25) is 19.8 Å². The molecule has 0 bridgehead atoms. The second-order valence-corrected chi connectivity index (χ2v) is 8.71. The Bertz CT molecular complexity index is 1090. The average Bonchev–Trinajstić information content (AvgIpc) is 2.68. The van der Waals surface area contributed by atoms with E-state index in [0.29, 0.717) is 5.56 Å². The number of nitrogens with zero attached hydrogens (tertiary/aromatic N) is 1. The van der Waals surface area contributed by atoms with E-state index in [1.165, 1.54) is 25.2 Å². The molecule has 1 amide bonds. The number of halogens is 1. The molecular weight excluding hydrogens is 428 g/mol. The van der Waals surface area contributed by atoms with Crippen molar-refractivity contribution < 1.29 is 34.8 Å². The summed E-state index contributed by atoms with van der Waals surface area (Å²) in [5, 5.41) is 42.9. The van der Waals surface area contributed by atoms with E-state index in [2.05, 4.69) is 5.43 Å². The highest BCUT2D eigenvalue weighted by molar-refractivity contribution is 6.40. The average molecular weight is 449 g/mol. The fourth-order valence-electron chi connectivity index (χ4n) is 4.79. The number of amides is 1. The highest BCUT2D eigenvalue weighted by Crippen LogP contribution is 2.52. The first kappa shape index (κ1) is 21.4. The number of rotatable bonds is 2. The first-order valence-electron chi connectivity index (χ1n) is 9.61. The first-order chi connectivity index (χ1) is 14.5. The third kappa shape index (κ3) is 2.88. The molecule has 31 heavy (non-hydrogen) atoms. The fourth-order valence-corrected chi connectivity index (χ4v) is 5.19. The van der Waals surface area contributed by atoms with Gasteiger partial charge in [-0.15, -0.1) is 11.6 Å². The predicted octanol–water partition coefficient (Wildman–Crippen LogP) is 0.749. The van der Waals surface area contributed by atoms with E-state index in [-0.39, 0.29) is 29.7 Å². The number of aliphatic hydroxyl groups is 3. The maximum atomic E-state index is 13.4. The maximum absolute atomic E-state index is 13.4. The zero-order valence-corrected chi connectivity index (χ0v) is 17.5. The molecule has 1 aromatic rings. The molecule has 0 aliphatic heterocycles. The zero-order valence-electron chi connectivity index (χ0n) is 16.7. The Morgan fingerprint density at radius 1 is 1.23 bits per heavy atom. The monoisotopic (exact) mass is 448 g/mol. The van der Waals surface area contributed by atoms with E-state index in [1.807, 2.05) is 0 Å². The smallest absolute Gasteiger partial charge is 0.272 e. The van der Waals surface area contributed by atoms with Crippen molar-refractivity contribution in [2.24, 2.45) is 11.8 Å². The number of ketones is 2. The summed E-state index contributed by atoms with van der Waals surface area (Å²) in [6.07, 6.45) is 0.265. The van der Waals surface area contributed by atoms with Gasteiger partial charge in [-0.2, -0.15) is 0 Å². The number of phenolic OH excluding ortho intramolecular Hbond substituents is 1. The third-order valence-electron chi connectivity index (χ3n) is 6.16. The standard InChI is InChI=1S/C21H21ClN2O7/c1-24(2)23-20(30)14-17(27)15(22)10-7-9-6-8-4-3-5-11(25)12(8)16(26)13(9)18(28)21(10,31)19(14)29/h3-5,9-10,15,25-26,29,31H,6-7H2,1-2H3,(H,23,30). The molecule has 4 atom stereocenters. The number of carbonyl (C=O) groups excluding carboxylic acids is 3. The summed E-state index contributed by atoms with van der Waals surface area (Å²) >= 11 is 6.31. The van der Waals surface area contributed by atoms with Crippen molar-refractivity contribution in [3.8, 4) is 5.75 Å². The van der Waals surface area contributed by atoms with Crippen LogP contribution in [0.25, 0.3) is 5.76 Å². The van der Waals surface area contributed by atoms with Gasteiger partial charge < -0.3 is 20.4 Å². The summed E-state index contributed by atoms with van der Waals surface area (Å²) < 4.78 is 0. The lowest BCUT2D eigenvalue weighted by molar-refractivity contribution is -0.147. The van der Waals surface area contributed by atoms with E-state index in [0.717, 1.165) is 0 Å². The van der Waals surface area contributed by atoms with Crippen molar-refractivity contribution >= 4 is 34.8 Å². The Kier molecular flexibility index (Phi) is 4.88. The van der Waals surface area contributed by atoms with Crippen LogP contribution in [-0.4, -0.2) is 68.0 Å². The van der Waals surface area contributed by atoms with Crippen LogP contribution >= 0.6 is 11.6 Å². The van der Waals surface area contributed by atoms with Crippen molar-refractivity contribution in [3.05, 3.63) is 46.2 Å². The summed E-state index contributed by atoms with van der Waals surface area (Å²) in [4.78, 5) is 38.7. The number of carbonyl (C=O) groups is 3. The van der Waals surface area contributed by atoms with Crippen LogP contribution in [0.5, 0.6) is 5.75 Å². The van der Waals surface area contributed by atoms with Crippen molar-refractivity contribution in [1.29, 1.82) is 0 Å². The van der Waals surface area contributed by atoms with Crippen LogP contribution in [0.3, 0.4) is 0 Å². The topological polar surface area (TPSA) is 147 Å². The van der Waals surface area contributed by atoms with E-state index in [4.69, 9.17) is 11.6 Å². The van der Waals surface area contributed by atoms with Crippen molar-refractivity contribution in [2.75, 3.05) is 14.1 Å². The molecular formula is C21H21ClN2O7. The summed E-state index contributed by atoms with van der Waals surface area (Å²) in [5.41, 5.74) is -0.685. The lowest BCUT2D eigenvalue weighted by Gasteiger charge is -2.47. The molecule has 1 aromatic carbocycles. The predicted molar refractivity (Wildman–Crippen MR) is 109 cm³/mol. The second-order valence-electron chi connectivity index (χ2n) is 8.24. The molecule has 3 aliphatic rings. The van der Waals surface area contributed by atoms with E-state index < -0.39 is 57.4 Å². The van der Waals surface area contributed by atoms with Gasteiger partial charge in [0.15, 0.2) is 11.4 Å². The fraction of sp³-hybridized carbons (Fsp3) is 0.381. The summed E-state index contributed by atoms with van der Waals surface area (Å²) in [6, 6.07) is 4.65. The van der Waals surface area contributed by atoms with Crippen LogP contribution in [-0.2, 0) is 20.8 Å². The minimum Gasteiger partial charge on any atom is -0.508 e. The quantitative estimate of drug-likeness (QED) is 0.253. The minimum absolute atomic E-state index is 0.00325. The SMILES string of the molecule is CN(C)NC(=O)C1=C(O)C2(O)C(=O)C3=C(O)c4c(O)cccc4CC3CC2C(Cl)C1=O. The highest BCUT2D eigenvalue weighted by Gasteiger charge is 2.63. The molecule has 1 fully saturated rings. The molecule has 10 heteroatoms. The number of aliphatic hydroxyl groups excluding tert-OH is 2. The third-order valence-corrected chi connectivity index (χ3v) is 6.66. The molecule has 1 saturated carbocycles. The van der Waals surface area contributed by atoms with Gasteiger partial charge in [0.05, 0.1) is 5.56 Å².